The monoisotopic (exact) mass is 278 g/mol. The summed E-state index contributed by atoms with van der Waals surface area (Å²) in [5, 5.41) is 0. The van der Waals surface area contributed by atoms with Crippen molar-refractivity contribution in [2.24, 2.45) is 0 Å². The molecule has 1 rings (SSSR count). The number of hydrogen-bond acceptors (Lipinski definition) is 5. The van der Waals surface area contributed by atoms with E-state index in [1.165, 1.54) is 19.0 Å². The van der Waals surface area contributed by atoms with Crippen molar-refractivity contribution >= 4 is 19.5 Å². The third-order valence-electron chi connectivity index (χ3n) is 2.75. The standard InChI is InChI=1S/C10H19N2O5P/c1-5-16-18(15,17-6-2)9-7-8(13)11(3)10(14)12(9)4/h9H,5-7H2,1-4H3/t9-/m1/s1. The van der Waals surface area contributed by atoms with Crippen molar-refractivity contribution in [3.63, 3.8) is 0 Å². The summed E-state index contributed by atoms with van der Waals surface area (Å²) in [6, 6.07) is -0.504. The highest BCUT2D eigenvalue weighted by molar-refractivity contribution is 7.54. The molecule has 0 spiro atoms. The van der Waals surface area contributed by atoms with Crippen LogP contribution in [0.3, 0.4) is 0 Å². The van der Waals surface area contributed by atoms with Gasteiger partial charge < -0.3 is 13.9 Å². The third-order valence-corrected chi connectivity index (χ3v) is 5.25. The predicted molar refractivity (Wildman–Crippen MR) is 65.2 cm³/mol. The van der Waals surface area contributed by atoms with Gasteiger partial charge in [0, 0.05) is 14.1 Å². The molecule has 18 heavy (non-hydrogen) atoms. The Labute approximate surface area is 107 Å². The molecule has 0 saturated carbocycles. The zero-order valence-corrected chi connectivity index (χ0v) is 12.0. The number of urea groups is 1. The van der Waals surface area contributed by atoms with Crippen LogP contribution in [0.1, 0.15) is 20.3 Å². The van der Waals surface area contributed by atoms with Crippen LogP contribution in [0.5, 0.6) is 0 Å². The number of amides is 3. The summed E-state index contributed by atoms with van der Waals surface area (Å²) < 4.78 is 22.9. The van der Waals surface area contributed by atoms with E-state index in [0.717, 1.165) is 4.90 Å². The van der Waals surface area contributed by atoms with E-state index in [9.17, 15) is 14.2 Å². The molecule has 0 radical (unpaired) electrons. The Morgan fingerprint density at radius 2 is 1.72 bits per heavy atom. The van der Waals surface area contributed by atoms with Crippen molar-refractivity contribution in [2.75, 3.05) is 27.3 Å². The lowest BCUT2D eigenvalue weighted by atomic mass is 10.3. The van der Waals surface area contributed by atoms with Gasteiger partial charge in [0.25, 0.3) is 0 Å². The van der Waals surface area contributed by atoms with E-state index in [-0.39, 0.29) is 25.5 Å². The average molecular weight is 278 g/mol. The van der Waals surface area contributed by atoms with E-state index >= 15 is 0 Å². The average Bonchev–Trinajstić information content (AvgIpc) is 2.31. The maximum atomic E-state index is 12.6. The Kier molecular flexibility index (Phi) is 4.90. The predicted octanol–water partition coefficient (Wildman–Crippen LogP) is 1.49. The second kappa shape index (κ2) is 5.82. The Balaban J connectivity index is 3.01. The van der Waals surface area contributed by atoms with Gasteiger partial charge in [-0.05, 0) is 13.8 Å². The normalized spacial score (nSPS) is 21.7. The zero-order valence-electron chi connectivity index (χ0n) is 11.1. The van der Waals surface area contributed by atoms with Gasteiger partial charge >= 0.3 is 13.6 Å². The lowest BCUT2D eigenvalue weighted by Crippen LogP contribution is -2.53. The second-order valence-electron chi connectivity index (χ2n) is 3.91. The van der Waals surface area contributed by atoms with Gasteiger partial charge in [0.1, 0.15) is 5.78 Å². The maximum Gasteiger partial charge on any atom is 0.353 e. The van der Waals surface area contributed by atoms with Crippen LogP contribution in [-0.4, -0.2) is 54.8 Å². The first-order chi connectivity index (χ1) is 8.37. The van der Waals surface area contributed by atoms with Gasteiger partial charge in [-0.1, -0.05) is 0 Å². The molecule has 104 valence electrons. The van der Waals surface area contributed by atoms with E-state index in [4.69, 9.17) is 9.05 Å². The summed E-state index contributed by atoms with van der Waals surface area (Å²) in [4.78, 5) is 25.7. The van der Waals surface area contributed by atoms with Gasteiger partial charge in [-0.2, -0.15) is 0 Å². The van der Waals surface area contributed by atoms with E-state index in [1.807, 2.05) is 0 Å². The third kappa shape index (κ3) is 2.74. The molecule has 0 N–H and O–H groups in total. The van der Waals surface area contributed by atoms with Crippen LogP contribution < -0.4 is 0 Å². The molecule has 0 aromatic heterocycles. The number of nitrogens with zero attached hydrogens (tertiary/aromatic N) is 2. The van der Waals surface area contributed by atoms with Gasteiger partial charge in [0.15, 0.2) is 0 Å². The molecular weight excluding hydrogens is 259 g/mol. The van der Waals surface area contributed by atoms with Gasteiger partial charge in [0.05, 0.1) is 19.6 Å². The van der Waals surface area contributed by atoms with Crippen molar-refractivity contribution in [3.8, 4) is 0 Å². The molecule has 0 aromatic carbocycles. The summed E-state index contributed by atoms with van der Waals surface area (Å²) in [5.74, 6) is -1.24. The van der Waals surface area contributed by atoms with Crippen LogP contribution in [0.4, 0.5) is 4.79 Å². The Morgan fingerprint density at radius 1 is 1.22 bits per heavy atom. The highest BCUT2D eigenvalue weighted by Crippen LogP contribution is 2.56. The quantitative estimate of drug-likeness (QED) is 0.712. The van der Waals surface area contributed by atoms with Gasteiger partial charge in [-0.25, -0.2) is 4.79 Å². The molecule has 1 atom stereocenters. The molecule has 0 bridgehead atoms. The van der Waals surface area contributed by atoms with Crippen LogP contribution in [0.15, 0.2) is 0 Å². The van der Waals surface area contributed by atoms with Gasteiger partial charge in [-0.3, -0.25) is 14.3 Å². The highest BCUT2D eigenvalue weighted by atomic mass is 31.2. The van der Waals surface area contributed by atoms with Crippen LogP contribution in [-0.2, 0) is 18.4 Å². The molecule has 1 aliphatic rings. The number of rotatable bonds is 5. The lowest BCUT2D eigenvalue weighted by molar-refractivity contribution is -0.130. The van der Waals surface area contributed by atoms with E-state index < -0.39 is 19.4 Å². The lowest BCUT2D eigenvalue weighted by Gasteiger charge is -2.38. The first-order valence-corrected chi connectivity index (χ1v) is 7.40. The molecule has 7 nitrogen and oxygen atoms in total. The van der Waals surface area contributed by atoms with E-state index in [1.54, 1.807) is 13.8 Å². The van der Waals surface area contributed by atoms with Crippen LogP contribution >= 0.6 is 7.60 Å². The minimum Gasteiger partial charge on any atom is -0.312 e. The molecule has 1 fully saturated rings. The molecule has 3 amide bonds. The van der Waals surface area contributed by atoms with Crippen molar-refractivity contribution < 1.29 is 23.2 Å². The highest BCUT2D eigenvalue weighted by Gasteiger charge is 2.46. The first-order valence-electron chi connectivity index (χ1n) is 5.79. The van der Waals surface area contributed by atoms with E-state index in [2.05, 4.69) is 0 Å². The summed E-state index contributed by atoms with van der Waals surface area (Å²) in [7, 11) is -0.615. The summed E-state index contributed by atoms with van der Waals surface area (Å²) in [6.07, 6.45) is -0.0595. The molecule has 1 heterocycles. The largest absolute Gasteiger partial charge is 0.353 e. The minimum absolute atomic E-state index is 0.0595. The SMILES string of the molecule is CCOP(=O)(OCC)[C@@H]1CC(=O)N(C)C(=O)N1C. The molecule has 0 aliphatic carbocycles. The molecule has 0 aromatic rings. The topological polar surface area (TPSA) is 76.1 Å². The number of hydrogen-bond donors (Lipinski definition) is 0. The molecule has 8 heteroatoms. The van der Waals surface area contributed by atoms with Gasteiger partial charge in [0.2, 0.25) is 5.91 Å². The van der Waals surface area contributed by atoms with Gasteiger partial charge in [-0.15, -0.1) is 0 Å². The Bertz CT molecular complexity index is 376. The van der Waals surface area contributed by atoms with E-state index in [0.29, 0.717) is 0 Å². The fraction of sp³-hybridized carbons (Fsp3) is 0.800. The molecule has 1 aliphatic heterocycles. The molecular formula is C10H19N2O5P. The Morgan fingerprint density at radius 3 is 2.17 bits per heavy atom. The number of carbonyl (C=O) groups excluding carboxylic acids is 2. The number of imide groups is 1. The minimum atomic E-state index is -3.49. The van der Waals surface area contributed by atoms with Crippen molar-refractivity contribution in [3.05, 3.63) is 0 Å². The van der Waals surface area contributed by atoms with Crippen LogP contribution in [0.25, 0.3) is 0 Å². The fourth-order valence-corrected chi connectivity index (χ4v) is 3.84. The smallest absolute Gasteiger partial charge is 0.312 e. The fourth-order valence-electron chi connectivity index (χ4n) is 1.79. The summed E-state index contributed by atoms with van der Waals surface area (Å²) in [6.45, 7) is 3.76. The summed E-state index contributed by atoms with van der Waals surface area (Å²) >= 11 is 0. The summed E-state index contributed by atoms with van der Waals surface area (Å²) in [5.41, 5.74) is 0. The Hall–Kier alpha value is -0.910. The number of carbonyl (C=O) groups is 2. The first kappa shape index (κ1) is 15.1. The van der Waals surface area contributed by atoms with Crippen LogP contribution in [0.2, 0.25) is 0 Å². The van der Waals surface area contributed by atoms with Crippen molar-refractivity contribution in [1.29, 1.82) is 0 Å². The zero-order chi connectivity index (χ0) is 13.9. The second-order valence-corrected chi connectivity index (χ2v) is 6.10. The molecule has 1 saturated heterocycles. The molecule has 0 unspecified atom stereocenters. The van der Waals surface area contributed by atoms with Crippen molar-refractivity contribution in [2.45, 2.75) is 26.1 Å². The van der Waals surface area contributed by atoms with Crippen molar-refractivity contribution in [1.82, 2.24) is 9.80 Å². The maximum absolute atomic E-state index is 12.6. The van der Waals surface area contributed by atoms with Crippen LogP contribution in [0, 0.1) is 0 Å².